The number of benzene rings is 2. The summed E-state index contributed by atoms with van der Waals surface area (Å²) in [6, 6.07) is 17.7. The summed E-state index contributed by atoms with van der Waals surface area (Å²) in [5.74, 6) is 0.486. The van der Waals surface area contributed by atoms with Gasteiger partial charge in [0.05, 0.1) is 13.7 Å². The number of nitriles is 1. The fourth-order valence-electron chi connectivity index (χ4n) is 3.37. The van der Waals surface area contributed by atoms with E-state index in [1.807, 2.05) is 23.6 Å². The zero-order valence-electron chi connectivity index (χ0n) is 18.9. The number of hydrogen-bond donors (Lipinski definition) is 0. The fourth-order valence-corrected chi connectivity index (χ4v) is 4.06. The molecule has 1 amide bonds. The normalized spacial score (nSPS) is 12.4. The molecule has 2 heterocycles. The van der Waals surface area contributed by atoms with Crippen LogP contribution < -0.4 is 19.1 Å². The first-order valence-electron chi connectivity index (χ1n) is 10.7. The Morgan fingerprint density at radius 1 is 1.11 bits per heavy atom. The van der Waals surface area contributed by atoms with Crippen LogP contribution in [0.15, 0.2) is 65.6 Å². The van der Waals surface area contributed by atoms with E-state index in [4.69, 9.17) is 18.9 Å². The van der Waals surface area contributed by atoms with Crippen molar-refractivity contribution in [2.45, 2.75) is 6.54 Å². The van der Waals surface area contributed by atoms with E-state index >= 15 is 0 Å². The summed E-state index contributed by atoms with van der Waals surface area (Å²) in [6.45, 7) is 0.649. The molecule has 35 heavy (non-hydrogen) atoms. The largest absolute Gasteiger partial charge is 0.497 e. The summed E-state index contributed by atoms with van der Waals surface area (Å²) in [5.41, 5.74) is 0.992. The number of ether oxygens (including phenoxy) is 4. The Balaban J connectivity index is 1.48. The van der Waals surface area contributed by atoms with Crippen molar-refractivity contribution in [2.75, 3.05) is 31.8 Å². The van der Waals surface area contributed by atoms with Gasteiger partial charge in [-0.3, -0.25) is 4.79 Å². The first-order chi connectivity index (χ1) is 17.1. The lowest BCUT2D eigenvalue weighted by Crippen LogP contribution is -2.34. The molecule has 0 spiro atoms. The number of carbonyl (C=O) groups is 2. The molecule has 0 aliphatic carbocycles. The number of carbonyl (C=O) groups excluding carboxylic acids is 2. The molecule has 0 saturated heterocycles. The second-order valence-corrected chi connectivity index (χ2v) is 8.44. The van der Waals surface area contributed by atoms with E-state index in [9.17, 15) is 14.9 Å². The minimum atomic E-state index is -0.880. The Morgan fingerprint density at radius 3 is 2.57 bits per heavy atom. The molecule has 4 rings (SSSR count). The van der Waals surface area contributed by atoms with Crippen LogP contribution >= 0.6 is 11.3 Å². The molecule has 178 valence electrons. The van der Waals surface area contributed by atoms with Gasteiger partial charge in [0, 0.05) is 16.6 Å². The number of amides is 1. The van der Waals surface area contributed by atoms with Gasteiger partial charge in [-0.25, -0.2) is 4.79 Å². The second-order valence-electron chi connectivity index (χ2n) is 7.41. The third kappa shape index (κ3) is 5.99. The maximum absolute atomic E-state index is 13.1. The van der Waals surface area contributed by atoms with Crippen molar-refractivity contribution in [3.63, 3.8) is 0 Å². The summed E-state index contributed by atoms with van der Waals surface area (Å²) in [4.78, 5) is 28.1. The monoisotopic (exact) mass is 490 g/mol. The molecule has 0 radical (unpaired) electrons. The molecule has 0 bridgehead atoms. The molecule has 0 N–H and O–H groups in total. The first-order valence-corrected chi connectivity index (χ1v) is 11.6. The van der Waals surface area contributed by atoms with Gasteiger partial charge in [-0.2, -0.15) is 5.26 Å². The van der Waals surface area contributed by atoms with Crippen molar-refractivity contribution in [3.8, 4) is 23.3 Å². The highest BCUT2D eigenvalue weighted by atomic mass is 32.1. The molecule has 1 aliphatic heterocycles. The van der Waals surface area contributed by atoms with Crippen LogP contribution in [0.4, 0.5) is 5.69 Å². The molecular formula is C26H22N2O6S. The average molecular weight is 491 g/mol. The van der Waals surface area contributed by atoms with E-state index in [0.29, 0.717) is 48.3 Å². The van der Waals surface area contributed by atoms with Crippen LogP contribution in [0.5, 0.6) is 17.2 Å². The Morgan fingerprint density at radius 2 is 1.89 bits per heavy atom. The standard InChI is InChI=1S/C26H22N2O6S/c1-31-21-7-4-18(5-8-21)13-19(15-27)26(30)34-17-25(29)28(16-22-3-2-12-35-22)20-6-9-23-24(14-20)33-11-10-32-23/h2-9,12-14H,10-11,16-17H2,1H3/b19-13+. The van der Waals surface area contributed by atoms with E-state index in [0.717, 1.165) is 4.88 Å². The van der Waals surface area contributed by atoms with Crippen molar-refractivity contribution >= 4 is 35.0 Å². The van der Waals surface area contributed by atoms with Gasteiger partial charge in [0.2, 0.25) is 0 Å². The number of nitrogens with zero attached hydrogens (tertiary/aromatic N) is 2. The molecule has 0 fully saturated rings. The minimum Gasteiger partial charge on any atom is -0.497 e. The number of anilines is 1. The highest BCUT2D eigenvalue weighted by Gasteiger charge is 2.22. The van der Waals surface area contributed by atoms with Crippen LogP contribution in [-0.4, -0.2) is 38.8 Å². The third-order valence-corrected chi connectivity index (χ3v) is 5.99. The molecule has 0 unspecified atom stereocenters. The van der Waals surface area contributed by atoms with E-state index < -0.39 is 18.5 Å². The Bertz CT molecular complexity index is 1260. The van der Waals surface area contributed by atoms with Crippen LogP contribution in [0.2, 0.25) is 0 Å². The molecule has 0 saturated carbocycles. The highest BCUT2D eigenvalue weighted by Crippen LogP contribution is 2.34. The number of rotatable bonds is 8. The van der Waals surface area contributed by atoms with Crippen LogP contribution in [0.1, 0.15) is 10.4 Å². The van der Waals surface area contributed by atoms with Gasteiger partial charge in [0.25, 0.3) is 5.91 Å². The Labute approximate surface area is 206 Å². The molecule has 1 aliphatic rings. The van der Waals surface area contributed by atoms with Gasteiger partial charge >= 0.3 is 5.97 Å². The zero-order chi connectivity index (χ0) is 24.6. The van der Waals surface area contributed by atoms with E-state index in [-0.39, 0.29) is 5.57 Å². The quantitative estimate of drug-likeness (QED) is 0.265. The van der Waals surface area contributed by atoms with Crippen LogP contribution in [0.25, 0.3) is 6.08 Å². The van der Waals surface area contributed by atoms with Gasteiger partial charge < -0.3 is 23.8 Å². The molecular weight excluding hydrogens is 468 g/mol. The summed E-state index contributed by atoms with van der Waals surface area (Å²) in [7, 11) is 1.55. The number of esters is 1. The highest BCUT2D eigenvalue weighted by molar-refractivity contribution is 7.09. The van der Waals surface area contributed by atoms with Gasteiger partial charge in [-0.05, 0) is 47.4 Å². The van der Waals surface area contributed by atoms with Crippen molar-refractivity contribution < 1.29 is 28.5 Å². The van der Waals surface area contributed by atoms with Gasteiger partial charge in [0.15, 0.2) is 18.1 Å². The van der Waals surface area contributed by atoms with Crippen LogP contribution in [0, 0.1) is 11.3 Å². The molecule has 0 atom stereocenters. The first kappa shape index (κ1) is 23.9. The average Bonchev–Trinajstić information content (AvgIpc) is 3.42. The third-order valence-electron chi connectivity index (χ3n) is 5.13. The molecule has 3 aromatic rings. The fraction of sp³-hybridized carbons (Fsp3) is 0.192. The zero-order valence-corrected chi connectivity index (χ0v) is 19.7. The molecule has 1 aromatic heterocycles. The minimum absolute atomic E-state index is 0.216. The topological polar surface area (TPSA) is 98.1 Å². The SMILES string of the molecule is COc1ccc(/C=C(\C#N)C(=O)OCC(=O)N(Cc2cccs2)c2ccc3c(c2)OCCO3)cc1. The lowest BCUT2D eigenvalue weighted by Gasteiger charge is -2.25. The van der Waals surface area contributed by atoms with E-state index in [2.05, 4.69) is 0 Å². The number of thiophene rings is 1. The summed E-state index contributed by atoms with van der Waals surface area (Å²) < 4.78 is 21.5. The maximum Gasteiger partial charge on any atom is 0.349 e. The molecule has 9 heteroatoms. The summed E-state index contributed by atoms with van der Waals surface area (Å²) in [5, 5.41) is 11.4. The van der Waals surface area contributed by atoms with Crippen LogP contribution in [0.3, 0.4) is 0 Å². The van der Waals surface area contributed by atoms with E-state index in [1.54, 1.807) is 49.6 Å². The van der Waals surface area contributed by atoms with Crippen LogP contribution in [-0.2, 0) is 20.9 Å². The predicted molar refractivity (Wildman–Crippen MR) is 130 cm³/mol. The Kier molecular flexibility index (Phi) is 7.65. The maximum atomic E-state index is 13.1. The Hall–Kier alpha value is -4.29. The summed E-state index contributed by atoms with van der Waals surface area (Å²) >= 11 is 1.51. The number of methoxy groups -OCH3 is 1. The smallest absolute Gasteiger partial charge is 0.349 e. The second kappa shape index (κ2) is 11.2. The van der Waals surface area contributed by atoms with Crippen molar-refractivity contribution in [3.05, 3.63) is 76.0 Å². The van der Waals surface area contributed by atoms with Gasteiger partial charge in [-0.15, -0.1) is 11.3 Å². The van der Waals surface area contributed by atoms with Crippen molar-refractivity contribution in [1.82, 2.24) is 0 Å². The van der Waals surface area contributed by atoms with Gasteiger partial charge in [0.1, 0.15) is 30.6 Å². The lowest BCUT2D eigenvalue weighted by molar-refractivity contribution is -0.143. The lowest BCUT2D eigenvalue weighted by atomic mass is 10.1. The number of hydrogen-bond acceptors (Lipinski definition) is 8. The summed E-state index contributed by atoms with van der Waals surface area (Å²) in [6.07, 6.45) is 1.40. The number of fused-ring (bicyclic) bond motifs is 1. The molecule has 8 nitrogen and oxygen atoms in total. The van der Waals surface area contributed by atoms with Crippen molar-refractivity contribution in [2.24, 2.45) is 0 Å². The van der Waals surface area contributed by atoms with Gasteiger partial charge in [-0.1, -0.05) is 18.2 Å². The van der Waals surface area contributed by atoms with Crippen molar-refractivity contribution in [1.29, 1.82) is 5.26 Å². The van der Waals surface area contributed by atoms with E-state index in [1.165, 1.54) is 22.3 Å². The predicted octanol–water partition coefficient (Wildman–Crippen LogP) is 4.21. The molecule has 2 aromatic carbocycles.